The van der Waals surface area contributed by atoms with Crippen molar-refractivity contribution in [3.63, 3.8) is 0 Å². The number of rotatable bonds is 5. The molecule has 0 aliphatic rings. The molecule has 266 valence electrons. The van der Waals surface area contributed by atoms with Crippen molar-refractivity contribution in [2.75, 3.05) is 0 Å². The number of hydrogen-bond donors (Lipinski definition) is 0. The minimum Gasteiger partial charge on any atom is -0.456 e. The summed E-state index contributed by atoms with van der Waals surface area (Å²) in [7, 11) is 0. The number of hydrogen-bond acceptors (Lipinski definition) is 7. The van der Waals surface area contributed by atoms with Crippen LogP contribution in [0.1, 0.15) is 0 Å². The molecule has 0 bridgehead atoms. The average molecular weight is 733 g/mol. The Hall–Kier alpha value is -7.90. The summed E-state index contributed by atoms with van der Waals surface area (Å²) in [5, 5.41) is 6.14. The summed E-state index contributed by atoms with van der Waals surface area (Å²) >= 11 is 0. The molecule has 7 aromatic carbocycles. The summed E-state index contributed by atoms with van der Waals surface area (Å²) < 4.78 is 19.2. The van der Waals surface area contributed by atoms with Crippen LogP contribution in [0.4, 0.5) is 0 Å². The van der Waals surface area contributed by atoms with E-state index in [-0.39, 0.29) is 0 Å². The van der Waals surface area contributed by atoms with Gasteiger partial charge in [-0.25, -0.2) is 15.0 Å². The predicted molar refractivity (Wildman–Crippen MR) is 227 cm³/mol. The molecule has 12 rings (SSSR count). The Labute approximate surface area is 324 Å². The minimum absolute atomic E-state index is 0.533. The molecule has 0 fully saturated rings. The first-order valence-electron chi connectivity index (χ1n) is 18.8. The second kappa shape index (κ2) is 12.3. The Balaban J connectivity index is 1.09. The van der Waals surface area contributed by atoms with Crippen LogP contribution >= 0.6 is 0 Å². The van der Waals surface area contributed by atoms with Gasteiger partial charge in [0.2, 0.25) is 0 Å². The lowest BCUT2D eigenvalue weighted by molar-refractivity contribution is 0.668. The molecule has 5 heterocycles. The lowest BCUT2D eigenvalue weighted by Crippen LogP contribution is -2.01. The lowest BCUT2D eigenvalue weighted by atomic mass is 9.97. The molecule has 12 aromatic rings. The molecular weight excluding hydrogens is 705 g/mol. The maximum atomic E-state index is 6.74. The Morgan fingerprint density at radius 1 is 0.333 bits per heavy atom. The Morgan fingerprint density at radius 3 is 1.72 bits per heavy atom. The smallest absolute Gasteiger partial charge is 0.164 e. The molecule has 7 nitrogen and oxygen atoms in total. The van der Waals surface area contributed by atoms with E-state index < -0.39 is 0 Å². The maximum absolute atomic E-state index is 6.74. The first-order valence-corrected chi connectivity index (χ1v) is 18.8. The van der Waals surface area contributed by atoms with Crippen LogP contribution in [-0.4, -0.2) is 19.9 Å². The number of furan rings is 3. The molecule has 57 heavy (non-hydrogen) atoms. The van der Waals surface area contributed by atoms with E-state index in [1.54, 1.807) is 6.20 Å². The second-order valence-electron chi connectivity index (χ2n) is 14.2. The number of para-hydroxylation sites is 3. The molecule has 5 aromatic heterocycles. The van der Waals surface area contributed by atoms with Gasteiger partial charge in [0.15, 0.2) is 17.5 Å². The van der Waals surface area contributed by atoms with Gasteiger partial charge in [-0.05, 0) is 77.9 Å². The average Bonchev–Trinajstić information content (AvgIpc) is 3.97. The molecule has 0 atom stereocenters. The first-order chi connectivity index (χ1) is 28.2. The summed E-state index contributed by atoms with van der Waals surface area (Å²) in [6.07, 6.45) is 3.64. The van der Waals surface area contributed by atoms with Gasteiger partial charge in [0.05, 0.1) is 0 Å². The van der Waals surface area contributed by atoms with Gasteiger partial charge in [-0.1, -0.05) is 91.0 Å². The SMILES string of the molecule is c1cncc(-c2cccc(-c3nc(-c4ccc5c(c4)oc4ccccc45)nc(-c4ccc(-c5ccc6oc7ccccc7c6c5)c5oc6ccccc6c45)n3)c2)c1. The van der Waals surface area contributed by atoms with Crippen LogP contribution in [0.15, 0.2) is 183 Å². The monoisotopic (exact) mass is 732 g/mol. The zero-order valence-electron chi connectivity index (χ0n) is 30.2. The van der Waals surface area contributed by atoms with E-state index >= 15 is 0 Å². The van der Waals surface area contributed by atoms with Crippen LogP contribution in [0.5, 0.6) is 0 Å². The number of fused-ring (bicyclic) bond motifs is 9. The van der Waals surface area contributed by atoms with E-state index in [0.29, 0.717) is 17.5 Å². The van der Waals surface area contributed by atoms with E-state index in [4.69, 9.17) is 28.2 Å². The number of benzene rings is 7. The summed E-state index contributed by atoms with van der Waals surface area (Å²) in [5.74, 6) is 1.62. The summed E-state index contributed by atoms with van der Waals surface area (Å²) in [6.45, 7) is 0. The fourth-order valence-electron chi connectivity index (χ4n) is 8.13. The number of aromatic nitrogens is 4. The van der Waals surface area contributed by atoms with E-state index in [0.717, 1.165) is 105 Å². The van der Waals surface area contributed by atoms with Crippen molar-refractivity contribution in [1.29, 1.82) is 0 Å². The van der Waals surface area contributed by atoms with Crippen molar-refractivity contribution in [2.45, 2.75) is 0 Å². The number of nitrogens with zero attached hydrogens (tertiary/aromatic N) is 4. The number of pyridine rings is 1. The zero-order chi connectivity index (χ0) is 37.5. The molecule has 0 amide bonds. The van der Waals surface area contributed by atoms with Gasteiger partial charge >= 0.3 is 0 Å². The molecule has 0 aliphatic heterocycles. The van der Waals surface area contributed by atoms with Gasteiger partial charge in [0.1, 0.15) is 33.5 Å². The van der Waals surface area contributed by atoms with Crippen LogP contribution in [0, 0.1) is 0 Å². The standard InChI is InChI=1S/C50H28N4O3/c1-4-15-41-35(12-1)37-20-18-32(27-45(37)56-41)49-52-48(31-10-7-9-29(25-31)33-11-8-24-51-28-33)53-50(54-49)39-22-21-34(47-46(39)38-14-3-6-17-43(38)57-47)30-19-23-44-40(26-30)36-13-2-5-16-42(36)55-44/h1-28H. The minimum atomic E-state index is 0.533. The lowest BCUT2D eigenvalue weighted by Gasteiger charge is -2.11. The fraction of sp³-hybridized carbons (Fsp3) is 0. The Kier molecular flexibility index (Phi) is 6.79. The van der Waals surface area contributed by atoms with E-state index in [2.05, 4.69) is 71.7 Å². The van der Waals surface area contributed by atoms with Gasteiger partial charge in [0.25, 0.3) is 0 Å². The molecule has 0 N–H and O–H groups in total. The quantitative estimate of drug-likeness (QED) is 0.174. The molecule has 0 saturated carbocycles. The third-order valence-electron chi connectivity index (χ3n) is 10.8. The van der Waals surface area contributed by atoms with Crippen molar-refractivity contribution in [3.8, 4) is 56.4 Å². The summed E-state index contributed by atoms with van der Waals surface area (Å²) in [5.41, 5.74) is 11.4. The van der Waals surface area contributed by atoms with Crippen LogP contribution < -0.4 is 0 Å². The van der Waals surface area contributed by atoms with Crippen molar-refractivity contribution >= 4 is 65.8 Å². The third-order valence-corrected chi connectivity index (χ3v) is 10.8. The van der Waals surface area contributed by atoms with Crippen LogP contribution in [0.2, 0.25) is 0 Å². The van der Waals surface area contributed by atoms with Crippen molar-refractivity contribution in [2.24, 2.45) is 0 Å². The highest BCUT2D eigenvalue weighted by atomic mass is 16.3. The summed E-state index contributed by atoms with van der Waals surface area (Å²) in [4.78, 5) is 19.9. The Bertz CT molecular complexity index is 3540. The largest absolute Gasteiger partial charge is 0.456 e. The van der Waals surface area contributed by atoms with E-state index in [9.17, 15) is 0 Å². The van der Waals surface area contributed by atoms with Crippen molar-refractivity contribution in [1.82, 2.24) is 19.9 Å². The zero-order valence-corrected chi connectivity index (χ0v) is 30.2. The van der Waals surface area contributed by atoms with E-state index in [1.807, 2.05) is 97.2 Å². The predicted octanol–water partition coefficient (Wildman–Crippen LogP) is 13.3. The van der Waals surface area contributed by atoms with Gasteiger partial charge in [-0.3, -0.25) is 4.98 Å². The maximum Gasteiger partial charge on any atom is 0.164 e. The second-order valence-corrected chi connectivity index (χ2v) is 14.2. The van der Waals surface area contributed by atoms with Crippen LogP contribution in [0.25, 0.3) is 122 Å². The highest BCUT2D eigenvalue weighted by Gasteiger charge is 2.22. The van der Waals surface area contributed by atoms with Gasteiger partial charge < -0.3 is 13.3 Å². The Morgan fingerprint density at radius 2 is 0.930 bits per heavy atom. The molecule has 0 radical (unpaired) electrons. The molecule has 7 heteroatoms. The van der Waals surface area contributed by atoms with Crippen molar-refractivity contribution < 1.29 is 13.3 Å². The third kappa shape index (κ3) is 5.06. The van der Waals surface area contributed by atoms with E-state index in [1.165, 1.54) is 0 Å². The fourth-order valence-corrected chi connectivity index (χ4v) is 8.13. The molecule has 0 unspecified atom stereocenters. The highest BCUT2D eigenvalue weighted by Crippen LogP contribution is 2.43. The first kappa shape index (κ1) is 31.5. The topological polar surface area (TPSA) is 91.0 Å². The molecule has 0 aliphatic carbocycles. The van der Waals surface area contributed by atoms with Crippen LogP contribution in [0.3, 0.4) is 0 Å². The normalized spacial score (nSPS) is 11.9. The van der Waals surface area contributed by atoms with Crippen LogP contribution in [-0.2, 0) is 0 Å². The van der Waals surface area contributed by atoms with Gasteiger partial charge in [-0.15, -0.1) is 0 Å². The molecule has 0 saturated heterocycles. The van der Waals surface area contributed by atoms with Gasteiger partial charge in [-0.2, -0.15) is 0 Å². The molecular formula is C50H28N4O3. The van der Waals surface area contributed by atoms with Gasteiger partial charge in [0, 0.05) is 72.5 Å². The summed E-state index contributed by atoms with van der Waals surface area (Å²) in [6, 6.07) is 53.3. The highest BCUT2D eigenvalue weighted by molar-refractivity contribution is 6.16. The molecule has 0 spiro atoms. The van der Waals surface area contributed by atoms with Crippen molar-refractivity contribution in [3.05, 3.63) is 170 Å².